The van der Waals surface area contributed by atoms with Crippen LogP contribution < -0.4 is 17.5 Å². The second-order valence-corrected chi connectivity index (χ2v) is 4.56. The van der Waals surface area contributed by atoms with Crippen molar-refractivity contribution in [3.05, 3.63) is 36.5 Å². The molecule has 0 fully saturated rings. The van der Waals surface area contributed by atoms with E-state index in [1.165, 1.54) is 6.07 Å². The van der Waals surface area contributed by atoms with Crippen LogP contribution in [0.3, 0.4) is 0 Å². The average Bonchev–Trinajstić information content (AvgIpc) is 2.18. The molecule has 1 aromatic heterocycles. The number of hydrogen-bond donors (Lipinski definition) is 0. The van der Waals surface area contributed by atoms with Crippen molar-refractivity contribution in [1.29, 1.82) is 0 Å². The van der Waals surface area contributed by atoms with Crippen LogP contribution in [-0.2, 0) is 31.9 Å². The van der Waals surface area contributed by atoms with Gasteiger partial charge in [0.05, 0.1) is 5.52 Å². The number of benzene rings is 1. The van der Waals surface area contributed by atoms with Crippen molar-refractivity contribution in [3.63, 3.8) is 0 Å². The third kappa shape index (κ3) is 6.77. The van der Waals surface area contributed by atoms with E-state index in [-0.39, 0.29) is 39.2 Å². The summed E-state index contributed by atoms with van der Waals surface area (Å²) < 4.78 is 9.56. The fourth-order valence-electron chi connectivity index (χ4n) is 1.08. The summed E-state index contributed by atoms with van der Waals surface area (Å²) in [5, 5.41) is 12.0. The van der Waals surface area contributed by atoms with E-state index >= 15 is 0 Å². The van der Waals surface area contributed by atoms with Gasteiger partial charge in [0.2, 0.25) is 0 Å². The van der Waals surface area contributed by atoms with Gasteiger partial charge in [-0.2, -0.15) is 0 Å². The van der Waals surface area contributed by atoms with Crippen LogP contribution in [-0.4, -0.2) is 21.7 Å². The average molecular weight is 453 g/mol. The Bertz CT molecular complexity index is 472. The van der Waals surface area contributed by atoms with Gasteiger partial charge < -0.3 is 17.5 Å². The van der Waals surface area contributed by atoms with Crippen molar-refractivity contribution < 1.29 is 42.8 Å². The zero-order chi connectivity index (χ0) is 11.3. The maximum Gasteiger partial charge on any atom is 2.00 e. The van der Waals surface area contributed by atoms with Gasteiger partial charge in [-0.15, -0.1) is 0 Å². The fraction of sp³-hybridized carbons (Fsp3) is 0.182. The number of hydrogen-bond acceptors (Lipinski definition) is 3. The minimum Gasteiger partial charge on any atom is -1.00 e. The molecule has 0 aliphatic carbocycles. The Morgan fingerprint density at radius 1 is 1.18 bits per heavy atom. The van der Waals surface area contributed by atoms with Crippen LogP contribution in [0.25, 0.3) is 10.9 Å². The van der Waals surface area contributed by atoms with E-state index in [0.29, 0.717) is 5.52 Å². The smallest absolute Gasteiger partial charge is 1.00 e. The van der Waals surface area contributed by atoms with Gasteiger partial charge in [-0.3, -0.25) is 9.19 Å². The minimum atomic E-state index is -0.611. The molecule has 2 aromatic rings. The van der Waals surface area contributed by atoms with Crippen molar-refractivity contribution in [2.75, 3.05) is 12.5 Å². The summed E-state index contributed by atoms with van der Waals surface area (Å²) >= 11 is 0. The van der Waals surface area contributed by atoms with Crippen LogP contribution in [0.4, 0.5) is 0 Å². The van der Waals surface area contributed by atoms with Gasteiger partial charge in [-0.05, 0) is 11.5 Å². The largest absolute Gasteiger partial charge is 2.00 e. The second kappa shape index (κ2) is 9.57. The molecule has 96 valence electrons. The van der Waals surface area contributed by atoms with Gasteiger partial charge in [0, 0.05) is 29.5 Å². The molecule has 2 rings (SSSR count). The molecule has 0 bridgehead atoms. The molecular formula is C11H12ClNO2PtS. The number of pyridine rings is 1. The molecule has 0 N–H and O–H groups in total. The number of rotatable bonds is 0. The molecule has 6 heteroatoms. The summed E-state index contributed by atoms with van der Waals surface area (Å²) in [6.45, 7) is 0. The number of aromatic nitrogens is 1. The van der Waals surface area contributed by atoms with Crippen molar-refractivity contribution in [1.82, 2.24) is 4.98 Å². The number of halogens is 1. The first-order valence-electron chi connectivity index (χ1n) is 4.37. The minimum absolute atomic E-state index is 0. The third-order valence-corrected chi connectivity index (χ3v) is 1.60. The van der Waals surface area contributed by atoms with Crippen LogP contribution in [0, 0.1) is 0 Å². The molecule has 0 unspecified atom stereocenters. The van der Waals surface area contributed by atoms with Crippen LogP contribution in [0.15, 0.2) is 36.5 Å². The molecule has 0 aliphatic rings. The van der Waals surface area contributed by atoms with Crippen molar-refractivity contribution in [3.8, 4) is 5.75 Å². The molecule has 1 heterocycles. The van der Waals surface area contributed by atoms with Crippen LogP contribution in [0.1, 0.15) is 0 Å². The molecule has 17 heavy (non-hydrogen) atoms. The van der Waals surface area contributed by atoms with Crippen LogP contribution in [0.5, 0.6) is 5.75 Å². The van der Waals surface area contributed by atoms with Gasteiger partial charge in [-0.1, -0.05) is 30.0 Å². The van der Waals surface area contributed by atoms with E-state index in [1.54, 1.807) is 24.8 Å². The molecular weight excluding hydrogens is 441 g/mol. The summed E-state index contributed by atoms with van der Waals surface area (Å²) in [7, 11) is -0.611. The predicted molar refractivity (Wildman–Crippen MR) is 61.2 cm³/mol. The van der Waals surface area contributed by atoms with Gasteiger partial charge in [-0.25, -0.2) is 0 Å². The maximum atomic E-state index is 11.1. The Balaban J connectivity index is 0. The Morgan fingerprint density at radius 2 is 1.71 bits per heavy atom. The van der Waals surface area contributed by atoms with Crippen molar-refractivity contribution in [2.24, 2.45) is 0 Å². The molecule has 0 amide bonds. The molecule has 0 spiro atoms. The molecule has 0 atom stereocenters. The molecule has 1 aromatic carbocycles. The standard InChI is InChI=1S/C9H7NO.C2H6OS.ClH.Pt/c11-8-5-1-3-7-4-2-6-10-9(7)8;1-4(2)3;;/h1-6,11H;1-2H3;1H;/q;;;+2/p-2. The molecule has 3 nitrogen and oxygen atoms in total. The molecule has 0 saturated carbocycles. The zero-order valence-corrected chi connectivity index (χ0v) is 13.2. The van der Waals surface area contributed by atoms with Gasteiger partial charge in [0.25, 0.3) is 0 Å². The predicted octanol–water partition coefficient (Wildman–Crippen LogP) is -1.70. The van der Waals surface area contributed by atoms with Crippen LogP contribution in [0.2, 0.25) is 0 Å². The van der Waals surface area contributed by atoms with E-state index in [0.717, 1.165) is 5.39 Å². The Morgan fingerprint density at radius 3 is 2.24 bits per heavy atom. The van der Waals surface area contributed by atoms with E-state index in [9.17, 15) is 9.32 Å². The fourth-order valence-corrected chi connectivity index (χ4v) is 1.08. The SMILES string of the molecule is CS(C)=O.[Cl-].[O-]c1cccc2cccnc12.[Pt+2]. The van der Waals surface area contributed by atoms with Crippen LogP contribution >= 0.6 is 0 Å². The number of fused-ring (bicyclic) bond motifs is 1. The molecule has 0 saturated heterocycles. The maximum absolute atomic E-state index is 11.1. The van der Waals surface area contributed by atoms with E-state index in [4.69, 9.17) is 0 Å². The topological polar surface area (TPSA) is 53.0 Å². The first kappa shape index (κ1) is 18.9. The number of nitrogens with zero attached hydrogens (tertiary/aromatic N) is 1. The molecule has 0 aliphatic heterocycles. The molecule has 0 radical (unpaired) electrons. The summed E-state index contributed by atoms with van der Waals surface area (Å²) in [6.07, 6.45) is 4.91. The van der Waals surface area contributed by atoms with E-state index in [2.05, 4.69) is 4.98 Å². The summed E-state index contributed by atoms with van der Waals surface area (Å²) in [5.41, 5.74) is 0.551. The van der Waals surface area contributed by atoms with Gasteiger partial charge in [0.1, 0.15) is 0 Å². The number of para-hydroxylation sites is 1. The van der Waals surface area contributed by atoms with Crippen molar-refractivity contribution in [2.45, 2.75) is 0 Å². The van der Waals surface area contributed by atoms with Gasteiger partial charge >= 0.3 is 21.1 Å². The Kier molecular flexibility index (Phi) is 10.7. The summed E-state index contributed by atoms with van der Waals surface area (Å²) in [4.78, 5) is 3.97. The normalized spacial score (nSPS) is 8.65. The quantitative estimate of drug-likeness (QED) is 0.479. The first-order valence-corrected chi connectivity index (χ1v) is 6.33. The van der Waals surface area contributed by atoms with E-state index < -0.39 is 10.8 Å². The third-order valence-electron chi connectivity index (χ3n) is 1.60. The summed E-state index contributed by atoms with van der Waals surface area (Å²) in [5.74, 6) is -0.0110. The van der Waals surface area contributed by atoms with Crippen molar-refractivity contribution >= 4 is 21.7 Å². The second-order valence-electron chi connectivity index (χ2n) is 3.07. The first-order chi connectivity index (χ1) is 7.11. The Hall–Kier alpha value is -0.442. The Labute approximate surface area is 124 Å². The van der Waals surface area contributed by atoms with Gasteiger partial charge in [0.15, 0.2) is 0 Å². The van der Waals surface area contributed by atoms with E-state index in [1.807, 2.05) is 18.2 Å². The summed E-state index contributed by atoms with van der Waals surface area (Å²) in [6, 6.07) is 8.84. The zero-order valence-electron chi connectivity index (χ0n) is 9.33. The monoisotopic (exact) mass is 452 g/mol.